The standard InChI is InChI=1S/C15H17F3N2O3/c1-8-10(9-5-3-2-4-6-9)7-11(23-15(19)22)14(21)20(8)13(18)12(16)17/h2-6,8,10-13H,7H2,1H3,(H2,19,22). The zero-order valence-corrected chi connectivity index (χ0v) is 12.4. The third-order valence-corrected chi connectivity index (χ3v) is 3.98. The minimum Gasteiger partial charge on any atom is -0.436 e. The lowest BCUT2D eigenvalue weighted by molar-refractivity contribution is -0.165. The number of likely N-dealkylation sites (tertiary alicyclic amines) is 1. The highest BCUT2D eigenvalue weighted by Gasteiger charge is 2.47. The molecular weight excluding hydrogens is 313 g/mol. The van der Waals surface area contributed by atoms with Crippen LogP contribution in [0, 0.1) is 0 Å². The highest BCUT2D eigenvalue weighted by molar-refractivity contribution is 5.85. The molecule has 1 aliphatic heterocycles. The molecule has 1 heterocycles. The van der Waals surface area contributed by atoms with Crippen molar-refractivity contribution in [3.8, 4) is 0 Å². The van der Waals surface area contributed by atoms with Gasteiger partial charge in [-0.15, -0.1) is 0 Å². The molecule has 0 aliphatic carbocycles. The van der Waals surface area contributed by atoms with E-state index < -0.39 is 42.8 Å². The number of nitrogens with zero attached hydrogens (tertiary/aromatic N) is 1. The smallest absolute Gasteiger partial charge is 0.405 e. The molecule has 0 spiro atoms. The van der Waals surface area contributed by atoms with E-state index in [2.05, 4.69) is 0 Å². The first kappa shape index (κ1) is 17.1. The highest BCUT2D eigenvalue weighted by atomic mass is 19.3. The molecule has 1 fully saturated rings. The maximum atomic E-state index is 13.9. The van der Waals surface area contributed by atoms with Crippen molar-refractivity contribution in [2.45, 2.75) is 44.1 Å². The Kier molecular flexibility index (Phi) is 5.12. The summed E-state index contributed by atoms with van der Waals surface area (Å²) in [4.78, 5) is 23.6. The van der Waals surface area contributed by atoms with Gasteiger partial charge in [-0.2, -0.15) is 0 Å². The molecule has 2 N–H and O–H groups in total. The van der Waals surface area contributed by atoms with Crippen LogP contribution in [0.3, 0.4) is 0 Å². The number of piperidine rings is 1. The molecule has 2 amide bonds. The highest BCUT2D eigenvalue weighted by Crippen LogP contribution is 2.36. The van der Waals surface area contributed by atoms with E-state index in [4.69, 9.17) is 10.5 Å². The van der Waals surface area contributed by atoms with Crippen LogP contribution in [-0.4, -0.2) is 41.8 Å². The molecule has 0 saturated carbocycles. The quantitative estimate of drug-likeness (QED) is 0.862. The minimum absolute atomic E-state index is 0.0550. The summed E-state index contributed by atoms with van der Waals surface area (Å²) in [6.45, 7) is 1.49. The van der Waals surface area contributed by atoms with E-state index in [0.717, 1.165) is 5.56 Å². The molecule has 5 nitrogen and oxygen atoms in total. The average Bonchev–Trinajstić information content (AvgIpc) is 2.50. The lowest BCUT2D eigenvalue weighted by Gasteiger charge is -2.43. The topological polar surface area (TPSA) is 72.6 Å². The molecule has 0 bridgehead atoms. The molecule has 1 aliphatic rings. The number of carbonyl (C=O) groups is 2. The maximum absolute atomic E-state index is 13.9. The van der Waals surface area contributed by atoms with Gasteiger partial charge < -0.3 is 15.4 Å². The van der Waals surface area contributed by atoms with Gasteiger partial charge >= 0.3 is 6.09 Å². The SMILES string of the molecule is CC1C(c2ccccc2)CC(OC(N)=O)C(=O)N1C(F)C(F)F. The average molecular weight is 330 g/mol. The van der Waals surface area contributed by atoms with Gasteiger partial charge in [0.2, 0.25) is 6.30 Å². The van der Waals surface area contributed by atoms with Crippen LogP contribution >= 0.6 is 0 Å². The van der Waals surface area contributed by atoms with Gasteiger partial charge in [0, 0.05) is 18.4 Å². The van der Waals surface area contributed by atoms with Gasteiger partial charge in [0.15, 0.2) is 6.10 Å². The van der Waals surface area contributed by atoms with E-state index in [1.807, 2.05) is 0 Å². The summed E-state index contributed by atoms with van der Waals surface area (Å²) in [5.74, 6) is -1.47. The molecule has 1 aromatic rings. The third kappa shape index (κ3) is 3.57. The van der Waals surface area contributed by atoms with Crippen molar-refractivity contribution < 1.29 is 27.5 Å². The van der Waals surface area contributed by atoms with Crippen LogP contribution in [0.15, 0.2) is 30.3 Å². The Morgan fingerprint density at radius 3 is 2.43 bits per heavy atom. The summed E-state index contributed by atoms with van der Waals surface area (Å²) in [6.07, 6.45) is -8.67. The first-order valence-corrected chi connectivity index (χ1v) is 7.08. The molecule has 0 radical (unpaired) electrons. The van der Waals surface area contributed by atoms with Crippen molar-refractivity contribution in [1.29, 1.82) is 0 Å². The molecule has 1 aromatic carbocycles. The lowest BCUT2D eigenvalue weighted by atomic mass is 9.82. The fourth-order valence-electron chi connectivity index (χ4n) is 2.91. The van der Waals surface area contributed by atoms with Gasteiger partial charge in [-0.1, -0.05) is 30.3 Å². The maximum Gasteiger partial charge on any atom is 0.405 e. The number of benzene rings is 1. The first-order valence-electron chi connectivity index (χ1n) is 7.08. The van der Waals surface area contributed by atoms with E-state index in [0.29, 0.717) is 4.90 Å². The third-order valence-electron chi connectivity index (χ3n) is 3.98. The summed E-state index contributed by atoms with van der Waals surface area (Å²) in [7, 11) is 0. The molecule has 4 unspecified atom stereocenters. The number of halogens is 3. The summed E-state index contributed by atoms with van der Waals surface area (Å²) >= 11 is 0. The number of carbonyl (C=O) groups excluding carboxylic acids is 2. The van der Waals surface area contributed by atoms with Crippen molar-refractivity contribution in [2.24, 2.45) is 5.73 Å². The summed E-state index contributed by atoms with van der Waals surface area (Å²) in [6, 6.07) is 7.92. The number of alkyl halides is 3. The summed E-state index contributed by atoms with van der Waals surface area (Å²) in [5.41, 5.74) is 5.65. The van der Waals surface area contributed by atoms with Crippen LogP contribution in [0.1, 0.15) is 24.8 Å². The predicted molar refractivity (Wildman–Crippen MR) is 75.5 cm³/mol. The number of amides is 2. The molecule has 0 aromatic heterocycles. The van der Waals surface area contributed by atoms with E-state index in [1.54, 1.807) is 30.3 Å². The van der Waals surface area contributed by atoms with Gasteiger partial charge in [0.25, 0.3) is 12.3 Å². The van der Waals surface area contributed by atoms with Crippen LogP contribution in [0.2, 0.25) is 0 Å². The van der Waals surface area contributed by atoms with Crippen LogP contribution in [0.5, 0.6) is 0 Å². The first-order chi connectivity index (χ1) is 10.8. The lowest BCUT2D eigenvalue weighted by Crippen LogP contribution is -2.58. The number of nitrogens with two attached hydrogens (primary N) is 1. The van der Waals surface area contributed by atoms with Crippen molar-refractivity contribution >= 4 is 12.0 Å². The Hall–Kier alpha value is -2.25. The normalized spacial score (nSPS) is 26.2. The Morgan fingerprint density at radius 1 is 1.30 bits per heavy atom. The monoisotopic (exact) mass is 330 g/mol. The van der Waals surface area contributed by atoms with E-state index in [-0.39, 0.29) is 6.42 Å². The number of hydrogen-bond donors (Lipinski definition) is 1. The number of primary amides is 1. The number of hydrogen-bond acceptors (Lipinski definition) is 3. The minimum atomic E-state index is -3.36. The van der Waals surface area contributed by atoms with Crippen molar-refractivity contribution in [1.82, 2.24) is 4.90 Å². The van der Waals surface area contributed by atoms with Gasteiger partial charge in [-0.05, 0) is 12.5 Å². The van der Waals surface area contributed by atoms with E-state index in [9.17, 15) is 22.8 Å². The molecule has 1 saturated heterocycles. The Labute approximate surface area is 131 Å². The molecule has 8 heteroatoms. The fraction of sp³-hybridized carbons (Fsp3) is 0.467. The second-order valence-corrected chi connectivity index (χ2v) is 5.37. The van der Waals surface area contributed by atoms with Crippen LogP contribution in [0.25, 0.3) is 0 Å². The van der Waals surface area contributed by atoms with Crippen LogP contribution in [0.4, 0.5) is 18.0 Å². The Morgan fingerprint density at radius 2 is 1.91 bits per heavy atom. The van der Waals surface area contributed by atoms with E-state index >= 15 is 0 Å². The van der Waals surface area contributed by atoms with Crippen LogP contribution in [-0.2, 0) is 9.53 Å². The molecular formula is C15H17F3N2O3. The van der Waals surface area contributed by atoms with Crippen molar-refractivity contribution in [3.63, 3.8) is 0 Å². The van der Waals surface area contributed by atoms with Crippen molar-refractivity contribution in [3.05, 3.63) is 35.9 Å². The number of ether oxygens (including phenoxy) is 1. The van der Waals surface area contributed by atoms with Gasteiger partial charge in [-0.3, -0.25) is 4.79 Å². The van der Waals surface area contributed by atoms with Gasteiger partial charge in [0.05, 0.1) is 0 Å². The summed E-state index contributed by atoms with van der Waals surface area (Å²) < 4.78 is 44.1. The molecule has 4 atom stereocenters. The zero-order chi connectivity index (χ0) is 17.1. The molecule has 126 valence electrons. The summed E-state index contributed by atoms with van der Waals surface area (Å²) in [5, 5.41) is 0. The fourth-order valence-corrected chi connectivity index (χ4v) is 2.91. The van der Waals surface area contributed by atoms with Crippen LogP contribution < -0.4 is 5.73 Å². The second-order valence-electron chi connectivity index (χ2n) is 5.37. The second kappa shape index (κ2) is 6.89. The molecule has 23 heavy (non-hydrogen) atoms. The Balaban J connectivity index is 2.36. The molecule has 2 rings (SSSR count). The van der Waals surface area contributed by atoms with Crippen molar-refractivity contribution in [2.75, 3.05) is 0 Å². The van der Waals surface area contributed by atoms with E-state index in [1.165, 1.54) is 6.92 Å². The Bertz CT molecular complexity index is 570. The largest absolute Gasteiger partial charge is 0.436 e. The predicted octanol–water partition coefficient (Wildman–Crippen LogP) is 2.42. The van der Waals surface area contributed by atoms with Gasteiger partial charge in [0.1, 0.15) is 0 Å². The number of rotatable bonds is 4. The van der Waals surface area contributed by atoms with Gasteiger partial charge in [-0.25, -0.2) is 18.0 Å². The zero-order valence-electron chi connectivity index (χ0n) is 12.4.